The molecule has 0 spiro atoms. The van der Waals surface area contributed by atoms with Crippen LogP contribution in [0.4, 0.5) is 0 Å². The summed E-state index contributed by atoms with van der Waals surface area (Å²) in [6.07, 6.45) is 1.22. The highest BCUT2D eigenvalue weighted by molar-refractivity contribution is 7.10. The molecular formula is C12H21NS. The lowest BCUT2D eigenvalue weighted by molar-refractivity contribution is 0.358. The molecule has 1 nitrogen and oxygen atoms in total. The second-order valence-corrected chi connectivity index (χ2v) is 5.98. The minimum atomic E-state index is 0.433. The van der Waals surface area contributed by atoms with Gasteiger partial charge in [-0.25, -0.2) is 0 Å². The van der Waals surface area contributed by atoms with E-state index in [1.165, 1.54) is 11.3 Å². The summed E-state index contributed by atoms with van der Waals surface area (Å²) in [6.45, 7) is 10.2. The second kappa shape index (κ2) is 4.94. The van der Waals surface area contributed by atoms with Crippen molar-refractivity contribution >= 4 is 11.3 Å². The summed E-state index contributed by atoms with van der Waals surface area (Å²) in [6, 6.07) is 4.80. The average molecular weight is 211 g/mol. The highest BCUT2D eigenvalue weighted by Crippen LogP contribution is 2.20. The number of thiophene rings is 1. The third-order valence-electron chi connectivity index (χ3n) is 2.30. The maximum atomic E-state index is 3.55. The molecule has 0 bridgehead atoms. The van der Waals surface area contributed by atoms with E-state index in [0.717, 1.165) is 6.54 Å². The van der Waals surface area contributed by atoms with Crippen LogP contribution >= 0.6 is 11.3 Å². The van der Waals surface area contributed by atoms with Crippen LogP contribution in [0.25, 0.3) is 0 Å². The number of hydrogen-bond acceptors (Lipinski definition) is 2. The van der Waals surface area contributed by atoms with E-state index in [1.54, 1.807) is 0 Å². The van der Waals surface area contributed by atoms with Crippen LogP contribution < -0.4 is 5.32 Å². The molecule has 0 aromatic carbocycles. The molecule has 14 heavy (non-hydrogen) atoms. The zero-order chi connectivity index (χ0) is 10.6. The molecule has 80 valence electrons. The van der Waals surface area contributed by atoms with Gasteiger partial charge in [-0.2, -0.15) is 0 Å². The van der Waals surface area contributed by atoms with Crippen LogP contribution in [0.5, 0.6) is 0 Å². The van der Waals surface area contributed by atoms with Crippen molar-refractivity contribution in [3.05, 3.63) is 22.4 Å². The normalized spacial score (nSPS) is 14.3. The largest absolute Gasteiger partial charge is 0.309 e. The summed E-state index contributed by atoms with van der Waals surface area (Å²) in [5.74, 6) is 0. The van der Waals surface area contributed by atoms with Gasteiger partial charge in [0, 0.05) is 10.9 Å². The van der Waals surface area contributed by atoms with Crippen molar-refractivity contribution in [3.8, 4) is 0 Å². The molecule has 1 rings (SSSR count). The molecule has 0 unspecified atom stereocenters. The van der Waals surface area contributed by atoms with Gasteiger partial charge in [-0.3, -0.25) is 0 Å². The highest BCUT2D eigenvalue weighted by atomic mass is 32.1. The van der Waals surface area contributed by atoms with Crippen molar-refractivity contribution in [1.82, 2.24) is 5.32 Å². The van der Waals surface area contributed by atoms with Gasteiger partial charge in [-0.05, 0) is 36.8 Å². The number of nitrogens with one attached hydrogen (secondary N) is 1. The van der Waals surface area contributed by atoms with E-state index in [2.05, 4.69) is 50.5 Å². The van der Waals surface area contributed by atoms with Gasteiger partial charge in [-0.1, -0.05) is 26.8 Å². The Morgan fingerprint density at radius 1 is 1.43 bits per heavy atom. The van der Waals surface area contributed by atoms with Crippen molar-refractivity contribution < 1.29 is 0 Å². The van der Waals surface area contributed by atoms with Crippen LogP contribution in [0.2, 0.25) is 0 Å². The Kier molecular flexibility index (Phi) is 4.14. The summed E-state index contributed by atoms with van der Waals surface area (Å²) in [5, 5.41) is 5.69. The Morgan fingerprint density at radius 3 is 2.64 bits per heavy atom. The van der Waals surface area contributed by atoms with Gasteiger partial charge in [0.2, 0.25) is 0 Å². The summed E-state index contributed by atoms with van der Waals surface area (Å²) in [7, 11) is 0. The summed E-state index contributed by atoms with van der Waals surface area (Å²) in [4.78, 5) is 1.43. The van der Waals surface area contributed by atoms with E-state index in [-0.39, 0.29) is 0 Å². The summed E-state index contributed by atoms with van der Waals surface area (Å²) in [5.41, 5.74) is 0.433. The maximum Gasteiger partial charge on any atom is 0.0386 e. The third kappa shape index (κ3) is 4.25. The molecule has 0 saturated carbocycles. The standard InChI is InChI=1S/C12H21NS/c1-10(11-6-5-9-14-11)13-8-7-12(2,3)4/h5-6,9-10,13H,7-8H2,1-4H3/t10-/m1/s1. The SMILES string of the molecule is C[C@@H](NCCC(C)(C)C)c1cccs1. The van der Waals surface area contributed by atoms with Gasteiger partial charge in [0.1, 0.15) is 0 Å². The Bertz CT molecular complexity index is 246. The molecule has 2 heteroatoms. The lowest BCUT2D eigenvalue weighted by Gasteiger charge is -2.20. The molecule has 1 aromatic rings. The van der Waals surface area contributed by atoms with Crippen molar-refractivity contribution in [2.24, 2.45) is 5.41 Å². The Hall–Kier alpha value is -0.340. The molecule has 0 aliphatic carbocycles. The minimum absolute atomic E-state index is 0.433. The molecule has 1 aromatic heterocycles. The average Bonchev–Trinajstić information content (AvgIpc) is 2.53. The fourth-order valence-electron chi connectivity index (χ4n) is 1.30. The summed E-state index contributed by atoms with van der Waals surface area (Å²) >= 11 is 1.83. The highest BCUT2D eigenvalue weighted by Gasteiger charge is 2.11. The quantitative estimate of drug-likeness (QED) is 0.798. The number of rotatable bonds is 4. The zero-order valence-electron chi connectivity index (χ0n) is 9.63. The van der Waals surface area contributed by atoms with E-state index < -0.39 is 0 Å². The van der Waals surface area contributed by atoms with Gasteiger partial charge in [0.15, 0.2) is 0 Å². The van der Waals surface area contributed by atoms with Crippen LogP contribution in [0.15, 0.2) is 17.5 Å². The van der Waals surface area contributed by atoms with Crippen molar-refractivity contribution in [3.63, 3.8) is 0 Å². The topological polar surface area (TPSA) is 12.0 Å². The van der Waals surface area contributed by atoms with E-state index in [9.17, 15) is 0 Å². The smallest absolute Gasteiger partial charge is 0.0386 e. The molecule has 0 aliphatic rings. The lowest BCUT2D eigenvalue weighted by Crippen LogP contribution is -2.23. The molecule has 1 N–H and O–H groups in total. The summed E-state index contributed by atoms with van der Waals surface area (Å²) < 4.78 is 0. The van der Waals surface area contributed by atoms with Crippen LogP contribution in [0.1, 0.15) is 45.0 Å². The van der Waals surface area contributed by atoms with E-state index in [1.807, 2.05) is 11.3 Å². The van der Waals surface area contributed by atoms with Crippen LogP contribution in [0.3, 0.4) is 0 Å². The van der Waals surface area contributed by atoms with Crippen molar-refractivity contribution in [2.75, 3.05) is 6.54 Å². The minimum Gasteiger partial charge on any atom is -0.309 e. The van der Waals surface area contributed by atoms with Gasteiger partial charge in [0.25, 0.3) is 0 Å². The first-order valence-electron chi connectivity index (χ1n) is 5.26. The van der Waals surface area contributed by atoms with Gasteiger partial charge >= 0.3 is 0 Å². The first kappa shape index (κ1) is 11.7. The Balaban J connectivity index is 2.26. The van der Waals surface area contributed by atoms with Gasteiger partial charge < -0.3 is 5.32 Å². The van der Waals surface area contributed by atoms with E-state index in [0.29, 0.717) is 11.5 Å². The second-order valence-electron chi connectivity index (χ2n) is 5.00. The van der Waals surface area contributed by atoms with Crippen molar-refractivity contribution in [2.45, 2.75) is 40.2 Å². The third-order valence-corrected chi connectivity index (χ3v) is 3.35. The van der Waals surface area contributed by atoms with Gasteiger partial charge in [0.05, 0.1) is 0 Å². The first-order chi connectivity index (χ1) is 6.49. The molecular weight excluding hydrogens is 190 g/mol. The molecule has 0 fully saturated rings. The monoisotopic (exact) mass is 211 g/mol. The van der Waals surface area contributed by atoms with E-state index >= 15 is 0 Å². The van der Waals surface area contributed by atoms with Crippen LogP contribution in [-0.4, -0.2) is 6.54 Å². The molecule has 0 saturated heterocycles. The first-order valence-corrected chi connectivity index (χ1v) is 6.14. The fourth-order valence-corrected chi connectivity index (χ4v) is 2.06. The predicted octanol–water partition coefficient (Wildman–Crippen LogP) is 3.83. The fraction of sp³-hybridized carbons (Fsp3) is 0.667. The predicted molar refractivity (Wildman–Crippen MR) is 64.8 cm³/mol. The van der Waals surface area contributed by atoms with E-state index in [4.69, 9.17) is 0 Å². The molecule has 0 radical (unpaired) electrons. The Morgan fingerprint density at radius 2 is 2.14 bits per heavy atom. The molecule has 0 aliphatic heterocycles. The van der Waals surface area contributed by atoms with Crippen LogP contribution in [-0.2, 0) is 0 Å². The van der Waals surface area contributed by atoms with Gasteiger partial charge in [-0.15, -0.1) is 11.3 Å². The zero-order valence-corrected chi connectivity index (χ0v) is 10.4. The van der Waals surface area contributed by atoms with Crippen LogP contribution in [0, 0.1) is 5.41 Å². The lowest BCUT2D eigenvalue weighted by atomic mass is 9.92. The number of hydrogen-bond donors (Lipinski definition) is 1. The van der Waals surface area contributed by atoms with Crippen molar-refractivity contribution in [1.29, 1.82) is 0 Å². The molecule has 1 heterocycles. The molecule has 0 amide bonds. The maximum absolute atomic E-state index is 3.55. The Labute approximate surface area is 91.5 Å². The molecule has 1 atom stereocenters.